The number of carbonyl (C=O) groups is 3. The van der Waals surface area contributed by atoms with Crippen molar-refractivity contribution in [3.63, 3.8) is 0 Å². The molecule has 0 unspecified atom stereocenters. The van der Waals surface area contributed by atoms with Crippen LogP contribution in [0.25, 0.3) is 0 Å². The number of rotatable bonds is 6. The van der Waals surface area contributed by atoms with Crippen LogP contribution in [0.15, 0.2) is 54.6 Å². The molecule has 2 aromatic carbocycles. The number of nitrogens with zero attached hydrogens (tertiary/aromatic N) is 1. The van der Waals surface area contributed by atoms with Gasteiger partial charge in [0.1, 0.15) is 6.54 Å². The predicted octanol–water partition coefficient (Wildman–Crippen LogP) is 3.34. The van der Waals surface area contributed by atoms with Crippen molar-refractivity contribution in [2.45, 2.75) is 26.2 Å². The fraction of sp³-hybridized carbons (Fsp3) is 0.318. The molecule has 0 bridgehead atoms. The molecule has 146 valence electrons. The van der Waals surface area contributed by atoms with Crippen molar-refractivity contribution in [3.05, 3.63) is 60.2 Å². The highest BCUT2D eigenvalue weighted by Gasteiger charge is 2.30. The lowest BCUT2D eigenvalue weighted by molar-refractivity contribution is -0.150. The monoisotopic (exact) mass is 380 g/mol. The third-order valence-electron chi connectivity index (χ3n) is 5.04. The molecule has 0 saturated heterocycles. The highest BCUT2D eigenvalue weighted by atomic mass is 16.5. The summed E-state index contributed by atoms with van der Waals surface area (Å²) < 4.78 is 5.38. The van der Waals surface area contributed by atoms with Crippen LogP contribution < -0.4 is 10.2 Å². The van der Waals surface area contributed by atoms with Crippen LogP contribution in [-0.2, 0) is 19.1 Å². The highest BCUT2D eigenvalue weighted by Crippen LogP contribution is 2.30. The minimum Gasteiger partial charge on any atom is -0.455 e. The normalized spacial score (nSPS) is 15.2. The quantitative estimate of drug-likeness (QED) is 0.780. The van der Waals surface area contributed by atoms with E-state index in [2.05, 4.69) is 5.32 Å². The van der Waals surface area contributed by atoms with Crippen molar-refractivity contribution < 1.29 is 19.1 Å². The molecule has 0 saturated carbocycles. The van der Waals surface area contributed by atoms with E-state index in [1.54, 1.807) is 24.3 Å². The first-order valence-electron chi connectivity index (χ1n) is 9.42. The molecule has 28 heavy (non-hydrogen) atoms. The number of ether oxygens (including phenoxy) is 1. The van der Waals surface area contributed by atoms with Crippen molar-refractivity contribution in [2.24, 2.45) is 5.92 Å². The summed E-state index contributed by atoms with van der Waals surface area (Å²) in [5, 5.41) is 2.73. The third-order valence-corrected chi connectivity index (χ3v) is 5.04. The fourth-order valence-corrected chi connectivity index (χ4v) is 3.35. The number of hydrogen-bond acceptors (Lipinski definition) is 4. The molecule has 6 nitrogen and oxygen atoms in total. The van der Waals surface area contributed by atoms with Crippen LogP contribution in [0.5, 0.6) is 0 Å². The zero-order chi connectivity index (χ0) is 20.1. The number of esters is 1. The van der Waals surface area contributed by atoms with Gasteiger partial charge in [0.05, 0.1) is 17.3 Å². The van der Waals surface area contributed by atoms with E-state index in [1.165, 1.54) is 4.90 Å². The van der Waals surface area contributed by atoms with Crippen molar-refractivity contribution in [1.29, 1.82) is 0 Å². The minimum absolute atomic E-state index is 0.0755. The van der Waals surface area contributed by atoms with Gasteiger partial charge >= 0.3 is 5.97 Å². The second-order valence-electron chi connectivity index (χ2n) is 6.93. The van der Waals surface area contributed by atoms with Crippen molar-refractivity contribution in [2.75, 3.05) is 23.4 Å². The largest absolute Gasteiger partial charge is 0.455 e. The van der Waals surface area contributed by atoms with Crippen LogP contribution in [0.4, 0.5) is 11.4 Å². The van der Waals surface area contributed by atoms with Gasteiger partial charge in [-0.2, -0.15) is 0 Å². The van der Waals surface area contributed by atoms with Crippen molar-refractivity contribution in [1.82, 2.24) is 0 Å². The first-order chi connectivity index (χ1) is 13.5. The molecule has 6 heteroatoms. The van der Waals surface area contributed by atoms with Gasteiger partial charge in [-0.15, -0.1) is 0 Å². The molecular weight excluding hydrogens is 356 g/mol. The van der Waals surface area contributed by atoms with Crippen LogP contribution in [-0.4, -0.2) is 30.9 Å². The number of para-hydroxylation sites is 2. The number of hydrogen-bond donors (Lipinski definition) is 1. The van der Waals surface area contributed by atoms with E-state index in [1.807, 2.05) is 44.2 Å². The van der Waals surface area contributed by atoms with Gasteiger partial charge in [-0.3, -0.25) is 19.3 Å². The van der Waals surface area contributed by atoms with E-state index in [0.29, 0.717) is 11.4 Å². The second kappa shape index (κ2) is 8.69. The fourth-order valence-electron chi connectivity index (χ4n) is 3.35. The van der Waals surface area contributed by atoms with Gasteiger partial charge in [0.25, 0.3) is 5.91 Å². The molecule has 1 N–H and O–H groups in total. The Morgan fingerprint density at radius 3 is 2.50 bits per heavy atom. The molecule has 0 spiro atoms. The smallest absolute Gasteiger partial charge is 0.314 e. The number of fused-ring (bicyclic) bond motifs is 1. The summed E-state index contributed by atoms with van der Waals surface area (Å²) in [6.45, 7) is 3.51. The maximum atomic E-state index is 12.8. The van der Waals surface area contributed by atoms with Gasteiger partial charge in [-0.05, 0) is 23.6 Å². The molecule has 0 fully saturated rings. The van der Waals surface area contributed by atoms with Crippen LogP contribution in [0, 0.1) is 5.92 Å². The van der Waals surface area contributed by atoms with Gasteiger partial charge in [0, 0.05) is 0 Å². The summed E-state index contributed by atoms with van der Waals surface area (Å²) in [7, 11) is 0. The molecule has 1 aliphatic rings. The van der Waals surface area contributed by atoms with Crippen LogP contribution >= 0.6 is 0 Å². The van der Waals surface area contributed by atoms with Gasteiger partial charge in [0.15, 0.2) is 6.61 Å². The topological polar surface area (TPSA) is 75.7 Å². The zero-order valence-electron chi connectivity index (χ0n) is 16.1. The van der Waals surface area contributed by atoms with E-state index >= 15 is 0 Å². The number of anilines is 2. The lowest BCUT2D eigenvalue weighted by Gasteiger charge is -2.29. The zero-order valence-corrected chi connectivity index (χ0v) is 16.1. The lowest BCUT2D eigenvalue weighted by atomic mass is 9.86. The summed E-state index contributed by atoms with van der Waals surface area (Å²) in [5.74, 6) is -1.49. The van der Waals surface area contributed by atoms with Gasteiger partial charge < -0.3 is 10.1 Å². The van der Waals surface area contributed by atoms with E-state index in [9.17, 15) is 14.4 Å². The average Bonchev–Trinajstić information content (AvgIpc) is 2.72. The Hall–Kier alpha value is -3.15. The second-order valence-corrected chi connectivity index (χ2v) is 6.93. The molecule has 2 amide bonds. The molecule has 2 aromatic rings. The van der Waals surface area contributed by atoms with Gasteiger partial charge in [-0.1, -0.05) is 62.7 Å². The summed E-state index contributed by atoms with van der Waals surface area (Å²) in [6, 6.07) is 16.5. The SMILES string of the molecule is CC[C@@H](C)[C@H](C(=O)OCC(=O)N1CC(=O)Nc2ccccc21)c1ccccc1. The van der Waals surface area contributed by atoms with Crippen molar-refractivity contribution in [3.8, 4) is 0 Å². The third kappa shape index (κ3) is 4.22. The Kier molecular flexibility index (Phi) is 6.09. The molecule has 0 aliphatic carbocycles. The number of carbonyl (C=O) groups excluding carboxylic acids is 3. The maximum Gasteiger partial charge on any atom is 0.314 e. The Labute approximate surface area is 164 Å². The van der Waals surface area contributed by atoms with Crippen molar-refractivity contribution >= 4 is 29.2 Å². The lowest BCUT2D eigenvalue weighted by Crippen LogP contribution is -2.44. The highest BCUT2D eigenvalue weighted by molar-refractivity contribution is 6.10. The first-order valence-corrected chi connectivity index (χ1v) is 9.42. The molecule has 0 radical (unpaired) electrons. The van der Waals surface area contributed by atoms with Crippen LogP contribution in [0.1, 0.15) is 31.7 Å². The predicted molar refractivity (Wildman–Crippen MR) is 107 cm³/mol. The van der Waals surface area contributed by atoms with E-state index < -0.39 is 24.4 Å². The minimum atomic E-state index is -0.434. The average molecular weight is 380 g/mol. The Morgan fingerprint density at radius 1 is 1.11 bits per heavy atom. The summed E-state index contributed by atoms with van der Waals surface area (Å²) in [6.07, 6.45) is 0.808. The number of nitrogens with one attached hydrogen (secondary N) is 1. The van der Waals surface area contributed by atoms with Crippen LogP contribution in [0.3, 0.4) is 0 Å². The molecule has 1 aliphatic heterocycles. The van der Waals surface area contributed by atoms with Crippen LogP contribution in [0.2, 0.25) is 0 Å². The first kappa shape index (κ1) is 19.6. The Balaban J connectivity index is 1.71. The number of benzene rings is 2. The summed E-state index contributed by atoms with van der Waals surface area (Å²) >= 11 is 0. The Morgan fingerprint density at radius 2 is 1.79 bits per heavy atom. The van der Waals surface area contributed by atoms with Gasteiger partial charge in [-0.25, -0.2) is 0 Å². The summed E-state index contributed by atoms with van der Waals surface area (Å²) in [4.78, 5) is 38.7. The van der Waals surface area contributed by atoms with E-state index in [4.69, 9.17) is 4.74 Å². The number of amides is 2. The van der Waals surface area contributed by atoms with E-state index in [-0.39, 0.29) is 18.4 Å². The molecule has 2 atom stereocenters. The molecule has 0 aromatic heterocycles. The molecule has 1 heterocycles. The Bertz CT molecular complexity index is 866. The van der Waals surface area contributed by atoms with Gasteiger partial charge in [0.2, 0.25) is 5.91 Å². The molecule has 3 rings (SSSR count). The molecular formula is C22H24N2O4. The standard InChI is InChI=1S/C22H24N2O4/c1-3-15(2)21(16-9-5-4-6-10-16)22(27)28-14-20(26)24-13-19(25)23-17-11-7-8-12-18(17)24/h4-12,15,21H,3,13-14H2,1-2H3,(H,23,25)/t15-,21+/m1/s1. The maximum absolute atomic E-state index is 12.8. The van der Waals surface area contributed by atoms with E-state index in [0.717, 1.165) is 12.0 Å². The summed E-state index contributed by atoms with van der Waals surface area (Å²) in [5.41, 5.74) is 2.04.